The number of esters is 1. The van der Waals surface area contributed by atoms with Crippen molar-refractivity contribution in [3.05, 3.63) is 31.9 Å². The molecule has 0 N–H and O–H groups in total. The molecule has 0 bridgehead atoms. The van der Waals surface area contributed by atoms with Crippen molar-refractivity contribution in [2.75, 3.05) is 6.61 Å². The summed E-state index contributed by atoms with van der Waals surface area (Å²) >= 11 is 7.98. The molecular weight excluding hydrogens is 340 g/mol. The molecule has 0 aliphatic carbocycles. The Morgan fingerprint density at radius 1 is 1.62 bits per heavy atom. The van der Waals surface area contributed by atoms with Crippen molar-refractivity contribution in [3.8, 4) is 6.07 Å². The molecule has 0 fully saturated rings. The smallest absolute Gasteiger partial charge is 0.310 e. The van der Waals surface area contributed by atoms with Crippen LogP contribution in [0.2, 0.25) is 5.02 Å². The lowest BCUT2D eigenvalue weighted by molar-refractivity contribution is -0.142. The van der Waals surface area contributed by atoms with E-state index in [2.05, 4.69) is 0 Å². The van der Waals surface area contributed by atoms with E-state index in [0.717, 1.165) is 3.57 Å². The molecule has 0 saturated carbocycles. The number of carbonyl (C=O) groups excluding carboxylic acids is 1. The van der Waals surface area contributed by atoms with E-state index in [0.29, 0.717) is 22.8 Å². The van der Waals surface area contributed by atoms with Crippen molar-refractivity contribution in [2.45, 2.75) is 13.3 Å². The number of nitriles is 1. The molecule has 0 atom stereocenters. The van der Waals surface area contributed by atoms with E-state index in [1.807, 2.05) is 28.7 Å². The second kappa shape index (κ2) is 6.06. The van der Waals surface area contributed by atoms with Crippen LogP contribution in [0.15, 0.2) is 12.1 Å². The first kappa shape index (κ1) is 13.3. The molecule has 0 spiro atoms. The quantitative estimate of drug-likeness (QED) is 0.623. The van der Waals surface area contributed by atoms with Gasteiger partial charge in [-0.05, 0) is 47.2 Å². The summed E-state index contributed by atoms with van der Waals surface area (Å²) in [5.74, 6) is -0.351. The van der Waals surface area contributed by atoms with E-state index in [9.17, 15) is 4.79 Å². The third kappa shape index (κ3) is 3.35. The van der Waals surface area contributed by atoms with Gasteiger partial charge in [0.25, 0.3) is 0 Å². The number of carbonyl (C=O) groups is 1. The zero-order valence-electron chi connectivity index (χ0n) is 8.59. The number of hydrogen-bond acceptors (Lipinski definition) is 3. The Labute approximate surface area is 112 Å². The van der Waals surface area contributed by atoms with Crippen molar-refractivity contribution in [3.63, 3.8) is 0 Å². The minimum absolute atomic E-state index is 0.0768. The molecule has 84 valence electrons. The predicted molar refractivity (Wildman–Crippen MR) is 69.2 cm³/mol. The fourth-order valence-electron chi connectivity index (χ4n) is 1.21. The fraction of sp³-hybridized carbons (Fsp3) is 0.273. The van der Waals surface area contributed by atoms with Gasteiger partial charge in [0, 0.05) is 3.57 Å². The van der Waals surface area contributed by atoms with Crippen LogP contribution >= 0.6 is 34.2 Å². The molecule has 0 saturated heterocycles. The maximum Gasteiger partial charge on any atom is 0.310 e. The van der Waals surface area contributed by atoms with Crippen LogP contribution in [0, 0.1) is 14.9 Å². The van der Waals surface area contributed by atoms with Gasteiger partial charge in [-0.25, -0.2) is 0 Å². The Hall–Kier alpha value is -0.800. The Bertz CT molecular complexity index is 454. The van der Waals surface area contributed by atoms with E-state index < -0.39 is 0 Å². The van der Waals surface area contributed by atoms with Gasteiger partial charge < -0.3 is 4.74 Å². The molecule has 0 heterocycles. The first-order valence-electron chi connectivity index (χ1n) is 4.62. The summed E-state index contributed by atoms with van der Waals surface area (Å²) in [6, 6.07) is 5.34. The van der Waals surface area contributed by atoms with Gasteiger partial charge in [-0.3, -0.25) is 4.79 Å². The molecule has 1 aromatic rings. The number of benzene rings is 1. The zero-order chi connectivity index (χ0) is 12.1. The van der Waals surface area contributed by atoms with Gasteiger partial charge in [0.2, 0.25) is 0 Å². The summed E-state index contributed by atoms with van der Waals surface area (Å²) < 4.78 is 5.62. The van der Waals surface area contributed by atoms with Crippen molar-refractivity contribution in [1.29, 1.82) is 5.26 Å². The molecule has 1 aromatic carbocycles. The summed E-state index contributed by atoms with van der Waals surface area (Å²) in [5, 5.41) is 9.47. The topological polar surface area (TPSA) is 50.1 Å². The summed E-state index contributed by atoms with van der Waals surface area (Å²) in [6.45, 7) is 2.07. The monoisotopic (exact) mass is 349 g/mol. The minimum Gasteiger partial charge on any atom is -0.466 e. The third-order valence-corrected chi connectivity index (χ3v) is 3.43. The van der Waals surface area contributed by atoms with Crippen LogP contribution in [-0.4, -0.2) is 12.6 Å². The number of rotatable bonds is 3. The van der Waals surface area contributed by atoms with Gasteiger partial charge in [0.1, 0.15) is 0 Å². The summed E-state index contributed by atoms with van der Waals surface area (Å²) in [4.78, 5) is 11.3. The Balaban J connectivity index is 3.00. The van der Waals surface area contributed by atoms with Gasteiger partial charge in [0.05, 0.1) is 29.7 Å². The Kier molecular flexibility index (Phi) is 5.03. The van der Waals surface area contributed by atoms with Crippen molar-refractivity contribution >= 4 is 40.2 Å². The number of ether oxygens (including phenoxy) is 1. The normalized spacial score (nSPS) is 9.62. The number of hydrogen-bond donors (Lipinski definition) is 0. The standard InChI is InChI=1S/C11H9ClINO2/c1-2-16-11(15)5-7-3-9(12)10(13)4-8(7)6-14/h3-4H,2,5H2,1H3. The summed E-state index contributed by atoms with van der Waals surface area (Å²) in [7, 11) is 0. The van der Waals surface area contributed by atoms with Gasteiger partial charge in [-0.2, -0.15) is 5.26 Å². The molecule has 0 aliphatic heterocycles. The lowest BCUT2D eigenvalue weighted by atomic mass is 10.1. The van der Waals surface area contributed by atoms with Crippen molar-refractivity contribution < 1.29 is 9.53 Å². The predicted octanol–water partition coefficient (Wildman–Crippen LogP) is 2.92. The average molecular weight is 350 g/mol. The van der Waals surface area contributed by atoms with Gasteiger partial charge >= 0.3 is 5.97 Å². The first-order valence-corrected chi connectivity index (χ1v) is 6.07. The number of halogens is 2. The van der Waals surface area contributed by atoms with Crippen LogP contribution < -0.4 is 0 Å². The average Bonchev–Trinajstić information content (AvgIpc) is 2.23. The SMILES string of the molecule is CCOC(=O)Cc1cc(Cl)c(I)cc1C#N. The lowest BCUT2D eigenvalue weighted by Crippen LogP contribution is -2.08. The molecule has 3 nitrogen and oxygen atoms in total. The van der Waals surface area contributed by atoms with Crippen LogP contribution in [0.25, 0.3) is 0 Å². The molecular formula is C11H9ClINO2. The van der Waals surface area contributed by atoms with Gasteiger partial charge in [-0.1, -0.05) is 11.6 Å². The zero-order valence-corrected chi connectivity index (χ0v) is 11.5. The second-order valence-corrected chi connectivity index (χ2v) is 4.59. The van der Waals surface area contributed by atoms with Gasteiger partial charge in [0.15, 0.2) is 0 Å². The van der Waals surface area contributed by atoms with E-state index in [-0.39, 0.29) is 12.4 Å². The van der Waals surface area contributed by atoms with Crippen LogP contribution in [0.4, 0.5) is 0 Å². The van der Waals surface area contributed by atoms with E-state index >= 15 is 0 Å². The molecule has 0 radical (unpaired) electrons. The second-order valence-electron chi connectivity index (χ2n) is 3.02. The van der Waals surface area contributed by atoms with Crippen molar-refractivity contribution in [1.82, 2.24) is 0 Å². The molecule has 0 aliphatic rings. The Morgan fingerprint density at radius 3 is 2.88 bits per heavy atom. The largest absolute Gasteiger partial charge is 0.466 e. The summed E-state index contributed by atoms with van der Waals surface area (Å²) in [5.41, 5.74) is 1.06. The maximum absolute atomic E-state index is 11.3. The molecule has 16 heavy (non-hydrogen) atoms. The highest BCUT2D eigenvalue weighted by atomic mass is 127. The van der Waals surface area contributed by atoms with E-state index in [1.54, 1.807) is 19.1 Å². The van der Waals surface area contributed by atoms with Crippen LogP contribution in [0.1, 0.15) is 18.1 Å². The minimum atomic E-state index is -0.351. The number of nitrogens with zero attached hydrogens (tertiary/aromatic N) is 1. The van der Waals surface area contributed by atoms with Crippen LogP contribution in [-0.2, 0) is 16.0 Å². The first-order chi connectivity index (χ1) is 7.58. The Morgan fingerprint density at radius 2 is 2.31 bits per heavy atom. The third-order valence-electron chi connectivity index (χ3n) is 1.91. The van der Waals surface area contributed by atoms with Crippen LogP contribution in [0.3, 0.4) is 0 Å². The van der Waals surface area contributed by atoms with Gasteiger partial charge in [-0.15, -0.1) is 0 Å². The lowest BCUT2D eigenvalue weighted by Gasteiger charge is -2.06. The summed E-state index contributed by atoms with van der Waals surface area (Å²) in [6.07, 6.45) is 0.0768. The molecule has 0 amide bonds. The highest BCUT2D eigenvalue weighted by Gasteiger charge is 2.11. The molecule has 0 unspecified atom stereocenters. The van der Waals surface area contributed by atoms with E-state index in [1.165, 1.54) is 0 Å². The fourth-order valence-corrected chi connectivity index (χ4v) is 1.86. The molecule has 0 aromatic heterocycles. The van der Waals surface area contributed by atoms with E-state index in [4.69, 9.17) is 21.6 Å². The molecule has 1 rings (SSSR count). The highest BCUT2D eigenvalue weighted by molar-refractivity contribution is 14.1. The van der Waals surface area contributed by atoms with Crippen molar-refractivity contribution in [2.24, 2.45) is 0 Å². The highest BCUT2D eigenvalue weighted by Crippen LogP contribution is 2.23. The van der Waals surface area contributed by atoms with Crippen LogP contribution in [0.5, 0.6) is 0 Å². The maximum atomic E-state index is 11.3. The molecule has 5 heteroatoms.